The maximum Gasteiger partial charge on any atom is 0.458 e. The van der Waals surface area contributed by atoms with Gasteiger partial charge in [-0.2, -0.15) is 27.1 Å². The molecule has 108 valence electrons. The highest BCUT2D eigenvalue weighted by molar-refractivity contribution is 9.10. The topological polar surface area (TPSA) is 54.7 Å². The van der Waals surface area contributed by atoms with Gasteiger partial charge in [-0.25, -0.2) is 0 Å². The standard InChI is InChI=1S/C11H7BrF5N3/c12-6-3-1-5(2-4-6)8-7(9(18)20-19-8)10(13,14)11(15,16)17/h1-4H,(H3,18,19,20). The first-order valence-corrected chi connectivity index (χ1v) is 5.98. The maximum absolute atomic E-state index is 13.5. The average molecular weight is 356 g/mol. The number of alkyl halides is 5. The molecule has 3 N–H and O–H groups in total. The van der Waals surface area contributed by atoms with Gasteiger partial charge in [0.15, 0.2) is 5.82 Å². The van der Waals surface area contributed by atoms with Crippen molar-refractivity contribution in [1.29, 1.82) is 0 Å². The van der Waals surface area contributed by atoms with Crippen LogP contribution in [0, 0.1) is 0 Å². The maximum atomic E-state index is 13.5. The molecule has 0 saturated carbocycles. The van der Waals surface area contributed by atoms with Crippen LogP contribution in [0.1, 0.15) is 5.56 Å². The third-order valence-corrected chi connectivity index (χ3v) is 3.13. The van der Waals surface area contributed by atoms with E-state index in [-0.39, 0.29) is 5.56 Å². The van der Waals surface area contributed by atoms with Gasteiger partial charge >= 0.3 is 12.1 Å². The number of nitrogen functional groups attached to an aromatic ring is 1. The Morgan fingerprint density at radius 1 is 1.05 bits per heavy atom. The van der Waals surface area contributed by atoms with Crippen LogP contribution in [0.25, 0.3) is 11.3 Å². The van der Waals surface area contributed by atoms with Gasteiger partial charge in [0.05, 0.1) is 11.3 Å². The zero-order chi connectivity index (χ0) is 15.1. The number of hydrogen-bond acceptors (Lipinski definition) is 2. The van der Waals surface area contributed by atoms with E-state index < -0.39 is 29.2 Å². The van der Waals surface area contributed by atoms with Gasteiger partial charge in [-0.15, -0.1) is 0 Å². The lowest BCUT2D eigenvalue weighted by molar-refractivity contribution is -0.288. The Morgan fingerprint density at radius 2 is 1.60 bits per heavy atom. The molecule has 20 heavy (non-hydrogen) atoms. The van der Waals surface area contributed by atoms with E-state index in [1.165, 1.54) is 24.3 Å². The number of nitrogens with two attached hydrogens (primary N) is 1. The normalized spacial score (nSPS) is 12.7. The minimum Gasteiger partial charge on any atom is -0.382 e. The van der Waals surface area contributed by atoms with Crippen molar-refractivity contribution < 1.29 is 22.0 Å². The second-order valence-corrected chi connectivity index (χ2v) is 4.85. The molecule has 9 heteroatoms. The van der Waals surface area contributed by atoms with E-state index >= 15 is 0 Å². The number of nitrogens with zero attached hydrogens (tertiary/aromatic N) is 1. The largest absolute Gasteiger partial charge is 0.458 e. The molecular weight excluding hydrogens is 349 g/mol. The van der Waals surface area contributed by atoms with Crippen molar-refractivity contribution in [2.24, 2.45) is 0 Å². The van der Waals surface area contributed by atoms with Gasteiger partial charge in [0.25, 0.3) is 0 Å². The molecule has 0 aliphatic rings. The predicted molar refractivity (Wildman–Crippen MR) is 66.1 cm³/mol. The van der Waals surface area contributed by atoms with Gasteiger partial charge in [0, 0.05) is 10.0 Å². The molecule has 0 fully saturated rings. The van der Waals surface area contributed by atoms with E-state index in [4.69, 9.17) is 5.73 Å². The fourth-order valence-corrected chi connectivity index (χ4v) is 1.91. The zero-order valence-corrected chi connectivity index (χ0v) is 11.2. The minimum absolute atomic E-state index is 0.122. The molecule has 0 aliphatic carbocycles. The van der Waals surface area contributed by atoms with Crippen molar-refractivity contribution in [3.8, 4) is 11.3 Å². The summed E-state index contributed by atoms with van der Waals surface area (Å²) in [7, 11) is 0. The van der Waals surface area contributed by atoms with Crippen molar-refractivity contribution in [3.05, 3.63) is 34.3 Å². The fraction of sp³-hybridized carbons (Fsp3) is 0.182. The summed E-state index contributed by atoms with van der Waals surface area (Å²) in [5.74, 6) is -5.97. The Hall–Kier alpha value is -1.64. The summed E-state index contributed by atoms with van der Waals surface area (Å²) in [5.41, 5.74) is 3.45. The summed E-state index contributed by atoms with van der Waals surface area (Å²) in [6.45, 7) is 0. The van der Waals surface area contributed by atoms with E-state index in [1.807, 2.05) is 0 Å². The molecule has 1 aromatic heterocycles. The van der Waals surface area contributed by atoms with Gasteiger partial charge in [0.1, 0.15) is 0 Å². The summed E-state index contributed by atoms with van der Waals surface area (Å²) >= 11 is 3.13. The van der Waals surface area contributed by atoms with Crippen LogP contribution in [-0.2, 0) is 5.92 Å². The van der Waals surface area contributed by atoms with Crippen LogP contribution in [-0.4, -0.2) is 16.4 Å². The van der Waals surface area contributed by atoms with Crippen LogP contribution in [0.15, 0.2) is 28.7 Å². The van der Waals surface area contributed by atoms with Crippen LogP contribution < -0.4 is 5.73 Å². The molecule has 0 unspecified atom stereocenters. The summed E-state index contributed by atoms with van der Waals surface area (Å²) in [6.07, 6.45) is -5.75. The predicted octanol–water partition coefficient (Wildman–Crippen LogP) is 4.08. The lowest BCUT2D eigenvalue weighted by Gasteiger charge is -2.20. The molecule has 0 bridgehead atoms. The number of benzene rings is 1. The number of anilines is 1. The molecule has 2 rings (SSSR count). The van der Waals surface area contributed by atoms with E-state index in [0.29, 0.717) is 4.47 Å². The Kier molecular flexibility index (Phi) is 3.49. The number of H-pyrrole nitrogens is 1. The first-order chi connectivity index (χ1) is 9.14. The lowest BCUT2D eigenvalue weighted by Crippen LogP contribution is -2.34. The monoisotopic (exact) mass is 355 g/mol. The highest BCUT2D eigenvalue weighted by Gasteiger charge is 2.61. The van der Waals surface area contributed by atoms with Crippen LogP contribution in [0.4, 0.5) is 27.8 Å². The van der Waals surface area contributed by atoms with E-state index in [0.717, 1.165) is 0 Å². The van der Waals surface area contributed by atoms with Gasteiger partial charge in [-0.1, -0.05) is 28.1 Å². The summed E-state index contributed by atoms with van der Waals surface area (Å²) in [6, 6.07) is 5.74. The molecule has 0 saturated heterocycles. The number of hydrogen-bond donors (Lipinski definition) is 2. The molecule has 0 radical (unpaired) electrons. The van der Waals surface area contributed by atoms with E-state index in [1.54, 1.807) is 0 Å². The molecule has 1 aromatic carbocycles. The molecule has 0 spiro atoms. The second-order valence-electron chi connectivity index (χ2n) is 3.94. The van der Waals surface area contributed by atoms with Crippen molar-refractivity contribution >= 4 is 21.7 Å². The van der Waals surface area contributed by atoms with E-state index in [9.17, 15) is 22.0 Å². The molecular formula is C11H7BrF5N3. The third-order valence-electron chi connectivity index (χ3n) is 2.60. The summed E-state index contributed by atoms with van der Waals surface area (Å²) < 4.78 is 65.1. The SMILES string of the molecule is Nc1n[nH]c(-c2ccc(Br)cc2)c1C(F)(F)C(F)(F)F. The molecule has 2 aromatic rings. The van der Waals surface area contributed by atoms with Crippen LogP contribution in [0.3, 0.4) is 0 Å². The molecule has 0 atom stereocenters. The van der Waals surface area contributed by atoms with Gasteiger partial charge < -0.3 is 5.73 Å². The number of nitrogens with one attached hydrogen (secondary N) is 1. The van der Waals surface area contributed by atoms with Crippen molar-refractivity contribution in [2.45, 2.75) is 12.1 Å². The smallest absolute Gasteiger partial charge is 0.382 e. The lowest BCUT2D eigenvalue weighted by atomic mass is 10.0. The number of aromatic amines is 1. The number of rotatable bonds is 2. The Balaban J connectivity index is 2.61. The van der Waals surface area contributed by atoms with Crippen molar-refractivity contribution in [1.82, 2.24) is 10.2 Å². The van der Waals surface area contributed by atoms with Crippen LogP contribution in [0.5, 0.6) is 0 Å². The zero-order valence-electron chi connectivity index (χ0n) is 9.60. The first-order valence-electron chi connectivity index (χ1n) is 5.19. The Bertz CT molecular complexity index is 618. The van der Waals surface area contributed by atoms with Crippen LogP contribution in [0.2, 0.25) is 0 Å². The Labute approximate surface area is 118 Å². The quantitative estimate of drug-likeness (QED) is 0.797. The van der Waals surface area contributed by atoms with Gasteiger partial charge in [0.2, 0.25) is 0 Å². The minimum atomic E-state index is -5.75. The summed E-state index contributed by atoms with van der Waals surface area (Å²) in [5, 5.41) is 5.37. The van der Waals surface area contributed by atoms with Gasteiger partial charge in [-0.05, 0) is 12.1 Å². The molecule has 0 aliphatic heterocycles. The highest BCUT2D eigenvalue weighted by Crippen LogP contribution is 2.48. The highest BCUT2D eigenvalue weighted by atomic mass is 79.9. The number of halogens is 6. The van der Waals surface area contributed by atoms with Crippen molar-refractivity contribution in [2.75, 3.05) is 5.73 Å². The van der Waals surface area contributed by atoms with Gasteiger partial charge in [-0.3, -0.25) is 5.10 Å². The molecule has 1 heterocycles. The second kappa shape index (κ2) is 4.72. The molecule has 3 nitrogen and oxygen atoms in total. The molecule has 0 amide bonds. The number of aromatic nitrogens is 2. The van der Waals surface area contributed by atoms with Crippen LogP contribution >= 0.6 is 15.9 Å². The Morgan fingerprint density at radius 3 is 2.10 bits per heavy atom. The van der Waals surface area contributed by atoms with Crippen molar-refractivity contribution in [3.63, 3.8) is 0 Å². The third kappa shape index (κ3) is 2.37. The fourth-order valence-electron chi connectivity index (χ4n) is 1.64. The average Bonchev–Trinajstić information content (AvgIpc) is 2.71. The van der Waals surface area contributed by atoms with E-state index in [2.05, 4.69) is 26.1 Å². The summed E-state index contributed by atoms with van der Waals surface area (Å²) in [4.78, 5) is 0. The first kappa shape index (κ1) is 14.8.